The first-order chi connectivity index (χ1) is 9.49. The molecule has 0 aliphatic carbocycles. The SMILES string of the molecule is CCOc1cc(C)ccc1CNC(=O)C(N)C(C)CC. The van der Waals surface area contributed by atoms with E-state index in [9.17, 15) is 4.79 Å². The van der Waals surface area contributed by atoms with E-state index in [2.05, 4.69) is 5.32 Å². The molecule has 4 nitrogen and oxygen atoms in total. The third kappa shape index (κ3) is 4.53. The topological polar surface area (TPSA) is 64.3 Å². The van der Waals surface area contributed by atoms with Gasteiger partial charge in [0.05, 0.1) is 12.6 Å². The molecule has 0 saturated carbocycles. The van der Waals surface area contributed by atoms with Gasteiger partial charge in [-0.15, -0.1) is 0 Å². The molecule has 0 fully saturated rings. The van der Waals surface area contributed by atoms with Crippen LogP contribution in [-0.4, -0.2) is 18.6 Å². The highest BCUT2D eigenvalue weighted by molar-refractivity contribution is 5.81. The first-order valence-electron chi connectivity index (χ1n) is 7.25. The number of hydrogen-bond acceptors (Lipinski definition) is 3. The Kier molecular flexibility index (Phi) is 6.52. The molecule has 20 heavy (non-hydrogen) atoms. The fraction of sp³-hybridized carbons (Fsp3) is 0.562. The quantitative estimate of drug-likeness (QED) is 0.805. The second kappa shape index (κ2) is 7.90. The van der Waals surface area contributed by atoms with Gasteiger partial charge in [0.15, 0.2) is 0 Å². The van der Waals surface area contributed by atoms with Crippen molar-refractivity contribution in [2.45, 2.75) is 46.7 Å². The fourth-order valence-corrected chi connectivity index (χ4v) is 1.91. The van der Waals surface area contributed by atoms with Crippen LogP contribution >= 0.6 is 0 Å². The Morgan fingerprint density at radius 3 is 2.70 bits per heavy atom. The zero-order chi connectivity index (χ0) is 15.1. The van der Waals surface area contributed by atoms with Crippen LogP contribution in [0.25, 0.3) is 0 Å². The molecule has 1 rings (SSSR count). The first kappa shape index (κ1) is 16.5. The van der Waals surface area contributed by atoms with Crippen molar-refractivity contribution in [3.05, 3.63) is 29.3 Å². The second-order valence-electron chi connectivity index (χ2n) is 5.17. The minimum atomic E-state index is -0.457. The molecular weight excluding hydrogens is 252 g/mol. The molecule has 0 bridgehead atoms. The van der Waals surface area contributed by atoms with E-state index in [0.29, 0.717) is 13.2 Å². The molecule has 1 amide bonds. The predicted molar refractivity (Wildman–Crippen MR) is 81.6 cm³/mol. The fourth-order valence-electron chi connectivity index (χ4n) is 1.91. The molecule has 0 heterocycles. The molecule has 0 radical (unpaired) electrons. The number of nitrogens with two attached hydrogens (primary N) is 1. The standard InChI is InChI=1S/C16H26N2O2/c1-5-12(4)15(17)16(19)18-10-13-8-7-11(3)9-14(13)20-6-2/h7-9,12,15H,5-6,10,17H2,1-4H3,(H,18,19). The number of nitrogens with one attached hydrogen (secondary N) is 1. The molecule has 0 aliphatic rings. The van der Waals surface area contributed by atoms with Crippen LogP contribution in [0.2, 0.25) is 0 Å². The summed E-state index contributed by atoms with van der Waals surface area (Å²) in [6, 6.07) is 5.52. The van der Waals surface area contributed by atoms with Crippen LogP contribution in [0.3, 0.4) is 0 Å². The van der Waals surface area contributed by atoms with Crippen molar-refractivity contribution in [2.24, 2.45) is 11.7 Å². The van der Waals surface area contributed by atoms with Gasteiger partial charge in [-0.25, -0.2) is 0 Å². The lowest BCUT2D eigenvalue weighted by Crippen LogP contribution is -2.44. The predicted octanol–water partition coefficient (Wildman–Crippen LogP) is 2.38. The summed E-state index contributed by atoms with van der Waals surface area (Å²) in [4.78, 5) is 12.0. The lowest BCUT2D eigenvalue weighted by atomic mass is 9.99. The van der Waals surface area contributed by atoms with Gasteiger partial charge in [0.2, 0.25) is 5.91 Å². The number of benzene rings is 1. The molecule has 2 atom stereocenters. The highest BCUT2D eigenvalue weighted by Gasteiger charge is 2.19. The van der Waals surface area contributed by atoms with E-state index in [1.165, 1.54) is 0 Å². The van der Waals surface area contributed by atoms with E-state index >= 15 is 0 Å². The van der Waals surface area contributed by atoms with Crippen LogP contribution in [0.5, 0.6) is 5.75 Å². The van der Waals surface area contributed by atoms with Crippen molar-refractivity contribution < 1.29 is 9.53 Å². The Morgan fingerprint density at radius 1 is 1.40 bits per heavy atom. The van der Waals surface area contributed by atoms with Gasteiger partial charge in [-0.1, -0.05) is 32.4 Å². The summed E-state index contributed by atoms with van der Waals surface area (Å²) in [5.74, 6) is 0.895. The number of carbonyl (C=O) groups is 1. The minimum Gasteiger partial charge on any atom is -0.494 e. The molecule has 1 aromatic rings. The van der Waals surface area contributed by atoms with Gasteiger partial charge in [0.25, 0.3) is 0 Å². The van der Waals surface area contributed by atoms with E-state index < -0.39 is 6.04 Å². The monoisotopic (exact) mass is 278 g/mol. The molecule has 1 aromatic carbocycles. The van der Waals surface area contributed by atoms with Crippen molar-refractivity contribution >= 4 is 5.91 Å². The summed E-state index contributed by atoms with van der Waals surface area (Å²) in [5, 5.41) is 2.89. The largest absolute Gasteiger partial charge is 0.494 e. The molecule has 112 valence electrons. The summed E-state index contributed by atoms with van der Waals surface area (Å²) in [5.41, 5.74) is 8.03. The number of rotatable bonds is 7. The molecule has 2 unspecified atom stereocenters. The van der Waals surface area contributed by atoms with Crippen LogP contribution in [0, 0.1) is 12.8 Å². The van der Waals surface area contributed by atoms with Crippen molar-refractivity contribution in [2.75, 3.05) is 6.61 Å². The van der Waals surface area contributed by atoms with Gasteiger partial charge in [0, 0.05) is 12.1 Å². The number of hydrogen-bond donors (Lipinski definition) is 2. The molecule has 0 spiro atoms. The highest BCUT2D eigenvalue weighted by atomic mass is 16.5. The van der Waals surface area contributed by atoms with Gasteiger partial charge in [0.1, 0.15) is 5.75 Å². The van der Waals surface area contributed by atoms with Crippen molar-refractivity contribution in [1.82, 2.24) is 5.32 Å². The maximum atomic E-state index is 12.0. The summed E-state index contributed by atoms with van der Waals surface area (Å²) < 4.78 is 5.60. The Balaban J connectivity index is 2.67. The Morgan fingerprint density at radius 2 is 2.10 bits per heavy atom. The third-order valence-corrected chi connectivity index (χ3v) is 3.54. The molecule has 3 N–H and O–H groups in total. The van der Waals surface area contributed by atoms with Crippen molar-refractivity contribution in [3.8, 4) is 5.75 Å². The van der Waals surface area contributed by atoms with Crippen LogP contribution < -0.4 is 15.8 Å². The smallest absolute Gasteiger partial charge is 0.237 e. The van der Waals surface area contributed by atoms with Crippen molar-refractivity contribution in [1.29, 1.82) is 0 Å². The van der Waals surface area contributed by atoms with Crippen LogP contribution in [-0.2, 0) is 11.3 Å². The van der Waals surface area contributed by atoms with Gasteiger partial charge >= 0.3 is 0 Å². The van der Waals surface area contributed by atoms with E-state index in [0.717, 1.165) is 23.3 Å². The lowest BCUT2D eigenvalue weighted by Gasteiger charge is -2.18. The molecule has 0 aromatic heterocycles. The average Bonchev–Trinajstić information content (AvgIpc) is 2.44. The van der Waals surface area contributed by atoms with E-state index in [-0.39, 0.29) is 11.8 Å². The Labute approximate surface area is 121 Å². The average molecular weight is 278 g/mol. The number of ether oxygens (including phenoxy) is 1. The number of amides is 1. The Hall–Kier alpha value is -1.55. The summed E-state index contributed by atoms with van der Waals surface area (Å²) in [6.07, 6.45) is 0.892. The first-order valence-corrected chi connectivity index (χ1v) is 7.25. The molecule has 4 heteroatoms. The van der Waals surface area contributed by atoms with Gasteiger partial charge in [-0.3, -0.25) is 4.79 Å². The van der Waals surface area contributed by atoms with E-state index in [4.69, 9.17) is 10.5 Å². The zero-order valence-corrected chi connectivity index (χ0v) is 12.9. The van der Waals surface area contributed by atoms with Gasteiger partial charge in [-0.2, -0.15) is 0 Å². The van der Waals surface area contributed by atoms with Gasteiger partial charge in [-0.05, 0) is 31.4 Å². The van der Waals surface area contributed by atoms with Gasteiger partial charge < -0.3 is 15.8 Å². The maximum Gasteiger partial charge on any atom is 0.237 e. The number of carbonyl (C=O) groups excluding carboxylic acids is 1. The summed E-state index contributed by atoms with van der Waals surface area (Å²) >= 11 is 0. The molecular formula is C16H26N2O2. The molecule has 0 aliphatic heterocycles. The summed E-state index contributed by atoms with van der Waals surface area (Å²) in [7, 11) is 0. The normalized spacial score (nSPS) is 13.7. The highest BCUT2D eigenvalue weighted by Crippen LogP contribution is 2.20. The zero-order valence-electron chi connectivity index (χ0n) is 12.9. The maximum absolute atomic E-state index is 12.0. The van der Waals surface area contributed by atoms with E-state index in [1.54, 1.807) is 0 Å². The number of aryl methyl sites for hydroxylation is 1. The lowest BCUT2D eigenvalue weighted by molar-refractivity contribution is -0.123. The van der Waals surface area contributed by atoms with Crippen LogP contribution in [0.1, 0.15) is 38.3 Å². The molecule has 0 saturated heterocycles. The van der Waals surface area contributed by atoms with E-state index in [1.807, 2.05) is 45.9 Å². The summed E-state index contributed by atoms with van der Waals surface area (Å²) in [6.45, 7) is 9.04. The minimum absolute atomic E-state index is 0.109. The second-order valence-corrected chi connectivity index (χ2v) is 5.17. The van der Waals surface area contributed by atoms with Crippen LogP contribution in [0.4, 0.5) is 0 Å². The van der Waals surface area contributed by atoms with Crippen molar-refractivity contribution in [3.63, 3.8) is 0 Å². The third-order valence-electron chi connectivity index (χ3n) is 3.54. The van der Waals surface area contributed by atoms with Crippen LogP contribution in [0.15, 0.2) is 18.2 Å². The Bertz CT molecular complexity index is 446.